The second kappa shape index (κ2) is 8.50. The van der Waals surface area contributed by atoms with E-state index < -0.39 is 0 Å². The van der Waals surface area contributed by atoms with Crippen molar-refractivity contribution in [3.8, 4) is 34.1 Å². The number of aryl methyl sites for hydroxylation is 1. The highest BCUT2D eigenvalue weighted by atomic mass is 19.1. The summed E-state index contributed by atoms with van der Waals surface area (Å²) in [6.45, 7) is 4.11. The fraction of sp³-hybridized carbons (Fsp3) is 0.200. The second-order valence-corrected chi connectivity index (χ2v) is 6.37. The average molecular weight is 342 g/mol. The van der Waals surface area contributed by atoms with E-state index in [1.807, 2.05) is 31.2 Å². The van der Waals surface area contributed by atoms with Crippen LogP contribution in [-0.2, 0) is 6.42 Å². The molecule has 0 saturated heterocycles. The Labute approximate surface area is 155 Å². The monoisotopic (exact) mass is 342 g/mol. The van der Waals surface area contributed by atoms with Gasteiger partial charge < -0.3 is 0 Å². The highest BCUT2D eigenvalue weighted by molar-refractivity contribution is 5.71. The molecular formula is C25H23F. The molecule has 3 aromatic carbocycles. The third-order valence-corrected chi connectivity index (χ3v) is 4.42. The lowest BCUT2D eigenvalue weighted by molar-refractivity contribution is 0.608. The SMILES string of the molecule is CCC#Cc1ccc(-c2ccc(-c3ccc(CCC)c(F)c3)cc2)cc1. The zero-order valence-corrected chi connectivity index (χ0v) is 15.4. The van der Waals surface area contributed by atoms with Crippen LogP contribution < -0.4 is 0 Å². The number of halogens is 1. The van der Waals surface area contributed by atoms with Crippen LogP contribution in [0.25, 0.3) is 22.3 Å². The first kappa shape index (κ1) is 18.0. The van der Waals surface area contributed by atoms with E-state index >= 15 is 0 Å². The van der Waals surface area contributed by atoms with E-state index in [0.29, 0.717) is 0 Å². The van der Waals surface area contributed by atoms with E-state index in [4.69, 9.17) is 0 Å². The maximum Gasteiger partial charge on any atom is 0.127 e. The largest absolute Gasteiger partial charge is 0.207 e. The summed E-state index contributed by atoms with van der Waals surface area (Å²) < 4.78 is 14.2. The number of rotatable bonds is 4. The lowest BCUT2D eigenvalue weighted by Gasteiger charge is -2.07. The van der Waals surface area contributed by atoms with Crippen LogP contribution in [0.5, 0.6) is 0 Å². The molecule has 1 heteroatoms. The first-order valence-electron chi connectivity index (χ1n) is 9.19. The van der Waals surface area contributed by atoms with Gasteiger partial charge in [-0.05, 0) is 52.4 Å². The molecule has 0 atom stereocenters. The van der Waals surface area contributed by atoms with E-state index in [1.165, 1.54) is 0 Å². The van der Waals surface area contributed by atoms with Gasteiger partial charge in [-0.15, -0.1) is 0 Å². The van der Waals surface area contributed by atoms with Gasteiger partial charge in [0.15, 0.2) is 0 Å². The van der Waals surface area contributed by atoms with Crippen LogP contribution in [0.15, 0.2) is 66.7 Å². The molecule has 0 bridgehead atoms. The molecule has 0 fully saturated rings. The van der Waals surface area contributed by atoms with Crippen molar-refractivity contribution in [1.29, 1.82) is 0 Å². The van der Waals surface area contributed by atoms with Crippen molar-refractivity contribution in [2.24, 2.45) is 0 Å². The maximum absolute atomic E-state index is 14.2. The van der Waals surface area contributed by atoms with E-state index in [9.17, 15) is 4.39 Å². The van der Waals surface area contributed by atoms with E-state index in [0.717, 1.165) is 52.6 Å². The molecule has 0 N–H and O–H groups in total. The molecule has 0 nitrogen and oxygen atoms in total. The minimum atomic E-state index is -0.114. The standard InChI is InChI=1S/C25H23F/c1-3-5-7-19-8-10-20(11-9-19)21-12-14-22(15-13-21)24-17-16-23(6-4-2)25(26)18-24/h8-18H,3-4,6H2,1-2H3. The minimum absolute atomic E-state index is 0.114. The molecule has 0 amide bonds. The van der Waals surface area contributed by atoms with Crippen LogP contribution >= 0.6 is 0 Å². The van der Waals surface area contributed by atoms with Crippen LogP contribution in [-0.4, -0.2) is 0 Å². The quantitative estimate of drug-likeness (QED) is 0.454. The Morgan fingerprint density at radius 2 is 1.27 bits per heavy atom. The number of benzene rings is 3. The summed E-state index contributed by atoms with van der Waals surface area (Å²) >= 11 is 0. The maximum atomic E-state index is 14.2. The zero-order valence-electron chi connectivity index (χ0n) is 15.4. The summed E-state index contributed by atoms with van der Waals surface area (Å²) in [5, 5.41) is 0. The van der Waals surface area contributed by atoms with Crippen LogP contribution in [0.2, 0.25) is 0 Å². The summed E-state index contributed by atoms with van der Waals surface area (Å²) in [6, 6.07) is 22.1. The summed E-state index contributed by atoms with van der Waals surface area (Å²) in [4.78, 5) is 0. The predicted molar refractivity (Wildman–Crippen MR) is 108 cm³/mol. The Morgan fingerprint density at radius 3 is 1.81 bits per heavy atom. The van der Waals surface area contributed by atoms with Crippen LogP contribution in [0, 0.1) is 17.7 Å². The van der Waals surface area contributed by atoms with Gasteiger partial charge in [0.25, 0.3) is 0 Å². The van der Waals surface area contributed by atoms with Gasteiger partial charge in [-0.3, -0.25) is 0 Å². The first-order valence-corrected chi connectivity index (χ1v) is 9.19. The lowest BCUT2D eigenvalue weighted by atomic mass is 9.98. The molecule has 0 heterocycles. The summed E-state index contributed by atoms with van der Waals surface area (Å²) in [7, 11) is 0. The Kier molecular flexibility index (Phi) is 5.87. The average Bonchev–Trinajstić information content (AvgIpc) is 2.69. The number of hydrogen-bond acceptors (Lipinski definition) is 0. The predicted octanol–water partition coefficient (Wildman–Crippen LogP) is 6.87. The highest BCUT2D eigenvalue weighted by Gasteiger charge is 2.05. The van der Waals surface area contributed by atoms with Crippen LogP contribution in [0.3, 0.4) is 0 Å². The molecule has 0 aliphatic heterocycles. The minimum Gasteiger partial charge on any atom is -0.207 e. The van der Waals surface area contributed by atoms with E-state index in [2.05, 4.69) is 55.2 Å². The molecule has 0 unspecified atom stereocenters. The van der Waals surface area contributed by atoms with Gasteiger partial charge in [0.1, 0.15) is 5.82 Å². The van der Waals surface area contributed by atoms with E-state index in [-0.39, 0.29) is 5.82 Å². The smallest absolute Gasteiger partial charge is 0.127 e. The molecule has 3 rings (SSSR count). The molecule has 3 aromatic rings. The molecule has 0 saturated carbocycles. The lowest BCUT2D eigenvalue weighted by Crippen LogP contribution is -1.90. The molecular weight excluding hydrogens is 319 g/mol. The molecule has 0 aliphatic rings. The van der Waals surface area contributed by atoms with Crippen LogP contribution in [0.1, 0.15) is 37.8 Å². The van der Waals surface area contributed by atoms with Crippen molar-refractivity contribution in [2.75, 3.05) is 0 Å². The van der Waals surface area contributed by atoms with Gasteiger partial charge in [0.05, 0.1) is 0 Å². The second-order valence-electron chi connectivity index (χ2n) is 6.37. The van der Waals surface area contributed by atoms with Gasteiger partial charge >= 0.3 is 0 Å². The fourth-order valence-electron chi connectivity index (χ4n) is 2.99. The van der Waals surface area contributed by atoms with Crippen molar-refractivity contribution in [3.63, 3.8) is 0 Å². The van der Waals surface area contributed by atoms with Gasteiger partial charge in [-0.25, -0.2) is 4.39 Å². The fourth-order valence-corrected chi connectivity index (χ4v) is 2.99. The summed E-state index contributed by atoms with van der Waals surface area (Å²) in [5.41, 5.74) is 6.07. The Morgan fingerprint density at radius 1 is 0.731 bits per heavy atom. The van der Waals surface area contributed by atoms with Crippen molar-refractivity contribution >= 4 is 0 Å². The molecule has 130 valence electrons. The Bertz CT molecular complexity index is 923. The summed E-state index contributed by atoms with van der Waals surface area (Å²) in [5.74, 6) is 6.11. The van der Waals surface area contributed by atoms with Crippen molar-refractivity contribution in [2.45, 2.75) is 33.1 Å². The number of hydrogen-bond donors (Lipinski definition) is 0. The third-order valence-electron chi connectivity index (χ3n) is 4.42. The molecule has 0 spiro atoms. The Balaban J connectivity index is 1.81. The highest BCUT2D eigenvalue weighted by Crippen LogP contribution is 2.26. The van der Waals surface area contributed by atoms with Crippen molar-refractivity contribution in [1.82, 2.24) is 0 Å². The van der Waals surface area contributed by atoms with Gasteiger partial charge in [-0.1, -0.05) is 80.6 Å². The van der Waals surface area contributed by atoms with Gasteiger partial charge in [0.2, 0.25) is 0 Å². The first-order chi connectivity index (χ1) is 12.7. The Hall–Kier alpha value is -2.85. The van der Waals surface area contributed by atoms with Gasteiger partial charge in [-0.2, -0.15) is 0 Å². The molecule has 26 heavy (non-hydrogen) atoms. The van der Waals surface area contributed by atoms with Gasteiger partial charge in [0, 0.05) is 12.0 Å². The molecule has 0 radical (unpaired) electrons. The normalized spacial score (nSPS) is 10.3. The van der Waals surface area contributed by atoms with E-state index in [1.54, 1.807) is 6.07 Å². The zero-order chi connectivity index (χ0) is 18.4. The molecule has 0 aromatic heterocycles. The van der Waals surface area contributed by atoms with Crippen LogP contribution in [0.4, 0.5) is 4.39 Å². The van der Waals surface area contributed by atoms with Crippen molar-refractivity contribution in [3.05, 3.63) is 83.7 Å². The third kappa shape index (κ3) is 4.21. The summed E-state index contributed by atoms with van der Waals surface area (Å²) in [6.07, 6.45) is 2.60. The molecule has 0 aliphatic carbocycles. The topological polar surface area (TPSA) is 0 Å². The van der Waals surface area contributed by atoms with Crippen molar-refractivity contribution < 1.29 is 4.39 Å².